The summed E-state index contributed by atoms with van der Waals surface area (Å²) in [4.78, 5) is 48.7. The Bertz CT molecular complexity index is 1000. The maximum absolute atomic E-state index is 13.4. The number of hydrogen-bond donors (Lipinski definition) is 1. The molecule has 1 aromatic heterocycles. The van der Waals surface area contributed by atoms with Crippen molar-refractivity contribution in [2.45, 2.75) is 38.1 Å². The minimum absolute atomic E-state index is 0.0132. The van der Waals surface area contributed by atoms with Crippen molar-refractivity contribution in [3.05, 3.63) is 35.3 Å². The van der Waals surface area contributed by atoms with Crippen molar-refractivity contribution in [1.82, 2.24) is 9.88 Å². The van der Waals surface area contributed by atoms with E-state index in [1.165, 1.54) is 11.3 Å². The largest absolute Gasteiger partial charge is 0.358 e. The number of nitrogens with zero attached hydrogens (tertiary/aromatic N) is 4. The lowest BCUT2D eigenvalue weighted by Gasteiger charge is -2.45. The van der Waals surface area contributed by atoms with Crippen LogP contribution in [0.2, 0.25) is 0 Å². The summed E-state index contributed by atoms with van der Waals surface area (Å²) in [5.41, 5.74) is 2.13. The van der Waals surface area contributed by atoms with Crippen molar-refractivity contribution in [3.8, 4) is 0 Å². The van der Waals surface area contributed by atoms with Gasteiger partial charge in [0.25, 0.3) is 5.91 Å². The molecule has 0 aliphatic carbocycles. The number of benzene rings is 1. The summed E-state index contributed by atoms with van der Waals surface area (Å²) in [7, 11) is 0. The van der Waals surface area contributed by atoms with Crippen LogP contribution in [0.3, 0.4) is 0 Å². The first-order valence-corrected chi connectivity index (χ1v) is 11.7. The molecule has 0 radical (unpaired) electrons. The van der Waals surface area contributed by atoms with Crippen LogP contribution in [0.25, 0.3) is 0 Å². The van der Waals surface area contributed by atoms with Crippen molar-refractivity contribution >= 4 is 45.6 Å². The van der Waals surface area contributed by atoms with Gasteiger partial charge < -0.3 is 15.1 Å². The summed E-state index contributed by atoms with van der Waals surface area (Å²) in [6, 6.07) is 5.33. The van der Waals surface area contributed by atoms with E-state index in [1.807, 2.05) is 17.0 Å². The summed E-state index contributed by atoms with van der Waals surface area (Å²) < 4.78 is 0. The molecule has 2 saturated heterocycles. The number of piperidine rings is 1. The number of amides is 3. The highest BCUT2D eigenvalue weighted by Crippen LogP contribution is 2.40. The average molecular weight is 440 g/mol. The summed E-state index contributed by atoms with van der Waals surface area (Å²) in [5.74, 6) is -0.386. The molecule has 0 saturated carbocycles. The third-order valence-corrected chi connectivity index (χ3v) is 6.94. The van der Waals surface area contributed by atoms with Gasteiger partial charge in [-0.05, 0) is 50.3 Å². The lowest BCUT2D eigenvalue weighted by Crippen LogP contribution is -2.56. The Morgan fingerprint density at radius 2 is 1.90 bits per heavy atom. The molecule has 2 fully saturated rings. The number of nitrogens with one attached hydrogen (secondary N) is 1. The number of fused-ring (bicyclic) bond motifs is 3. The van der Waals surface area contributed by atoms with Crippen molar-refractivity contribution in [2.75, 3.05) is 41.3 Å². The number of carbonyl (C=O) groups is 3. The van der Waals surface area contributed by atoms with Gasteiger partial charge in [-0.2, -0.15) is 0 Å². The molecule has 1 atom stereocenters. The molecule has 5 rings (SSSR count). The van der Waals surface area contributed by atoms with Crippen LogP contribution in [0, 0.1) is 0 Å². The number of carbonyl (C=O) groups excluding carboxylic acids is 3. The molecule has 2 aromatic rings. The smallest absolute Gasteiger partial charge is 0.253 e. The van der Waals surface area contributed by atoms with Crippen LogP contribution in [0.4, 0.5) is 16.5 Å². The monoisotopic (exact) mass is 439 g/mol. The maximum Gasteiger partial charge on any atom is 0.253 e. The predicted octanol–water partition coefficient (Wildman–Crippen LogP) is 2.72. The third kappa shape index (κ3) is 3.78. The molecule has 4 heterocycles. The van der Waals surface area contributed by atoms with Gasteiger partial charge in [0.2, 0.25) is 11.8 Å². The molecule has 0 unspecified atom stereocenters. The van der Waals surface area contributed by atoms with E-state index in [9.17, 15) is 14.4 Å². The Labute approximate surface area is 184 Å². The van der Waals surface area contributed by atoms with Crippen LogP contribution in [0.15, 0.2) is 29.8 Å². The van der Waals surface area contributed by atoms with Gasteiger partial charge in [0.05, 0.1) is 11.4 Å². The molecule has 0 spiro atoms. The molecule has 1 N–H and O–H groups in total. The Kier molecular flexibility index (Phi) is 5.35. The molecule has 3 aliphatic rings. The number of aromatic nitrogens is 1. The van der Waals surface area contributed by atoms with Crippen LogP contribution >= 0.6 is 11.3 Å². The number of likely N-dealkylation sites (tertiary alicyclic amines) is 1. The summed E-state index contributed by atoms with van der Waals surface area (Å²) in [6.45, 7) is 2.24. The number of anilines is 3. The maximum atomic E-state index is 13.4. The van der Waals surface area contributed by atoms with Crippen LogP contribution in [-0.2, 0) is 9.59 Å². The second-order valence-corrected chi connectivity index (χ2v) is 9.11. The number of rotatable bonds is 4. The van der Waals surface area contributed by atoms with Crippen molar-refractivity contribution in [3.63, 3.8) is 0 Å². The zero-order valence-corrected chi connectivity index (χ0v) is 18.1. The molecule has 0 bridgehead atoms. The Hall–Kier alpha value is -2.94. The summed E-state index contributed by atoms with van der Waals surface area (Å²) in [5, 5.41) is 5.05. The minimum Gasteiger partial charge on any atom is -0.358 e. The molecule has 162 valence electrons. The van der Waals surface area contributed by atoms with Gasteiger partial charge in [-0.25, -0.2) is 4.98 Å². The number of hydrogen-bond acceptors (Lipinski definition) is 6. The fraction of sp³-hybridized carbons (Fsp3) is 0.455. The van der Waals surface area contributed by atoms with Gasteiger partial charge in [-0.1, -0.05) is 0 Å². The quantitative estimate of drug-likeness (QED) is 0.792. The minimum atomic E-state index is -0.296. The van der Waals surface area contributed by atoms with Gasteiger partial charge in [0, 0.05) is 36.8 Å². The van der Waals surface area contributed by atoms with Crippen molar-refractivity contribution in [1.29, 1.82) is 0 Å². The van der Waals surface area contributed by atoms with Crippen LogP contribution in [0.5, 0.6) is 0 Å². The first-order chi connectivity index (χ1) is 15.1. The van der Waals surface area contributed by atoms with Crippen molar-refractivity contribution in [2.24, 2.45) is 0 Å². The highest BCUT2D eigenvalue weighted by atomic mass is 32.1. The zero-order valence-electron chi connectivity index (χ0n) is 17.2. The SMILES string of the molecule is O=C(CN1C(=O)[C@@H]2CCCCN2c2ccc(C(=O)N3CCCC3)cc21)Nc1nccs1. The lowest BCUT2D eigenvalue weighted by molar-refractivity contribution is -0.123. The molecule has 8 nitrogen and oxygen atoms in total. The topological polar surface area (TPSA) is 85.9 Å². The Balaban J connectivity index is 1.47. The van der Waals surface area contributed by atoms with E-state index in [4.69, 9.17) is 0 Å². The summed E-state index contributed by atoms with van der Waals surface area (Å²) in [6.07, 6.45) is 6.46. The van der Waals surface area contributed by atoms with E-state index in [1.54, 1.807) is 22.5 Å². The van der Waals surface area contributed by atoms with E-state index in [2.05, 4.69) is 15.2 Å². The molecule has 3 aliphatic heterocycles. The van der Waals surface area contributed by atoms with Crippen LogP contribution < -0.4 is 15.1 Å². The molecular weight excluding hydrogens is 414 g/mol. The highest BCUT2D eigenvalue weighted by molar-refractivity contribution is 7.13. The van der Waals surface area contributed by atoms with Gasteiger partial charge in [-0.15, -0.1) is 11.3 Å². The molecule has 9 heteroatoms. The van der Waals surface area contributed by atoms with E-state index in [0.717, 1.165) is 57.4 Å². The van der Waals surface area contributed by atoms with E-state index >= 15 is 0 Å². The molecule has 3 amide bonds. The number of thiazole rings is 1. The normalized spacial score (nSPS) is 20.5. The van der Waals surface area contributed by atoms with Crippen molar-refractivity contribution < 1.29 is 14.4 Å². The third-order valence-electron chi connectivity index (χ3n) is 6.25. The van der Waals surface area contributed by atoms with Crippen LogP contribution in [0.1, 0.15) is 42.5 Å². The fourth-order valence-electron chi connectivity index (χ4n) is 4.74. The van der Waals surface area contributed by atoms with E-state index < -0.39 is 0 Å². The molecular formula is C22H25N5O3S. The first-order valence-electron chi connectivity index (χ1n) is 10.8. The molecule has 31 heavy (non-hydrogen) atoms. The lowest BCUT2D eigenvalue weighted by atomic mass is 9.95. The summed E-state index contributed by atoms with van der Waals surface area (Å²) >= 11 is 1.33. The zero-order chi connectivity index (χ0) is 21.4. The van der Waals surface area contributed by atoms with Gasteiger partial charge in [0.1, 0.15) is 12.6 Å². The molecule has 1 aromatic carbocycles. The standard InChI is InChI=1S/C22H25N5O3S/c28-19(24-22-23-8-12-31-22)14-27-18-13-15(20(29)25-9-3-4-10-25)6-7-16(18)26-11-2-1-5-17(26)21(27)30/h6-8,12-13,17H,1-5,9-11,14H2,(H,23,24,28)/t17-/m0/s1. The Morgan fingerprint density at radius 1 is 1.10 bits per heavy atom. The van der Waals surface area contributed by atoms with E-state index in [-0.39, 0.29) is 30.3 Å². The first kappa shape index (κ1) is 20.0. The van der Waals surface area contributed by atoms with Crippen LogP contribution in [-0.4, -0.2) is 59.8 Å². The second kappa shape index (κ2) is 8.30. The van der Waals surface area contributed by atoms with Gasteiger partial charge in [-0.3, -0.25) is 19.3 Å². The predicted molar refractivity (Wildman–Crippen MR) is 120 cm³/mol. The van der Waals surface area contributed by atoms with Gasteiger partial charge in [0.15, 0.2) is 5.13 Å². The van der Waals surface area contributed by atoms with E-state index in [0.29, 0.717) is 16.4 Å². The Morgan fingerprint density at radius 3 is 2.68 bits per heavy atom. The second-order valence-electron chi connectivity index (χ2n) is 8.22. The average Bonchev–Trinajstić information content (AvgIpc) is 3.50. The fourth-order valence-corrected chi connectivity index (χ4v) is 5.29. The van der Waals surface area contributed by atoms with Gasteiger partial charge >= 0.3 is 0 Å². The highest BCUT2D eigenvalue weighted by Gasteiger charge is 2.40.